The number of unbranched alkanes of at least 4 members (excludes halogenated alkanes) is 2. The molecule has 1 rings (SSSR count). The molecule has 1 heterocycles. The fourth-order valence-corrected chi connectivity index (χ4v) is 2.41. The molecular formula is C13H23NOS. The van der Waals surface area contributed by atoms with Gasteiger partial charge in [0.2, 0.25) is 0 Å². The summed E-state index contributed by atoms with van der Waals surface area (Å²) >= 11 is 1.72. The van der Waals surface area contributed by atoms with E-state index in [-0.39, 0.29) is 0 Å². The van der Waals surface area contributed by atoms with E-state index in [1.807, 2.05) is 6.07 Å². The molecule has 0 radical (unpaired) electrons. The molecule has 3 heteroatoms. The molecule has 92 valence electrons. The number of hydrogen-bond acceptors (Lipinski definition) is 3. The third-order valence-corrected chi connectivity index (χ3v) is 3.75. The van der Waals surface area contributed by atoms with Crippen LogP contribution in [-0.2, 0) is 6.54 Å². The summed E-state index contributed by atoms with van der Waals surface area (Å²) in [6.07, 6.45) is 5.25. The Morgan fingerprint density at radius 3 is 2.81 bits per heavy atom. The minimum atomic E-state index is 0.611. The Bertz CT molecular complexity index is 285. The fraction of sp³-hybridized carbons (Fsp3) is 0.692. The summed E-state index contributed by atoms with van der Waals surface area (Å²) in [5, 5.41) is 4.55. The van der Waals surface area contributed by atoms with Crippen LogP contribution in [0.1, 0.15) is 44.4 Å². The molecule has 0 aliphatic carbocycles. The normalized spacial score (nSPS) is 12.7. The second-order valence-corrected chi connectivity index (χ2v) is 5.33. The van der Waals surface area contributed by atoms with Crippen molar-refractivity contribution in [3.63, 3.8) is 0 Å². The molecule has 0 saturated carbocycles. The molecule has 0 saturated heterocycles. The van der Waals surface area contributed by atoms with Gasteiger partial charge in [0.05, 0.1) is 7.11 Å². The van der Waals surface area contributed by atoms with Gasteiger partial charge in [-0.1, -0.05) is 26.2 Å². The molecule has 0 fully saturated rings. The maximum Gasteiger partial charge on any atom is 0.173 e. The highest BCUT2D eigenvalue weighted by Crippen LogP contribution is 2.23. The number of thiophene rings is 1. The fourth-order valence-electron chi connectivity index (χ4n) is 1.64. The smallest absolute Gasteiger partial charge is 0.173 e. The van der Waals surface area contributed by atoms with Gasteiger partial charge >= 0.3 is 0 Å². The first-order valence-electron chi connectivity index (χ1n) is 6.12. The minimum Gasteiger partial charge on any atom is -0.487 e. The first-order valence-corrected chi connectivity index (χ1v) is 6.94. The largest absolute Gasteiger partial charge is 0.487 e. The van der Waals surface area contributed by atoms with Gasteiger partial charge in [0.1, 0.15) is 0 Å². The molecular weight excluding hydrogens is 218 g/mol. The van der Waals surface area contributed by atoms with Gasteiger partial charge in [0.25, 0.3) is 0 Å². The van der Waals surface area contributed by atoms with Crippen molar-refractivity contribution in [3.8, 4) is 5.06 Å². The number of methoxy groups -OCH3 is 1. The van der Waals surface area contributed by atoms with Crippen LogP contribution in [0.2, 0.25) is 0 Å². The number of rotatable bonds is 8. The van der Waals surface area contributed by atoms with Gasteiger partial charge in [-0.15, -0.1) is 11.3 Å². The lowest BCUT2D eigenvalue weighted by Gasteiger charge is -2.12. The molecule has 1 aromatic rings. The highest BCUT2D eigenvalue weighted by atomic mass is 32.1. The van der Waals surface area contributed by atoms with Crippen LogP contribution in [0, 0.1) is 0 Å². The summed E-state index contributed by atoms with van der Waals surface area (Å²) in [6, 6.07) is 4.78. The highest BCUT2D eigenvalue weighted by Gasteiger charge is 2.03. The van der Waals surface area contributed by atoms with Gasteiger partial charge in [0, 0.05) is 17.5 Å². The maximum atomic E-state index is 5.17. The van der Waals surface area contributed by atoms with Crippen molar-refractivity contribution in [2.75, 3.05) is 7.11 Å². The number of hydrogen-bond donors (Lipinski definition) is 1. The number of nitrogens with one attached hydrogen (secondary N) is 1. The first kappa shape index (κ1) is 13.5. The van der Waals surface area contributed by atoms with Crippen LogP contribution in [0.5, 0.6) is 5.06 Å². The van der Waals surface area contributed by atoms with Crippen molar-refractivity contribution in [2.45, 2.75) is 52.1 Å². The van der Waals surface area contributed by atoms with Crippen molar-refractivity contribution < 1.29 is 4.74 Å². The standard InChI is InChI=1S/C13H23NOS/c1-4-5-6-7-11(2)14-10-12-8-9-13(15-3)16-12/h8-9,11,14H,4-7,10H2,1-3H3. The van der Waals surface area contributed by atoms with Gasteiger partial charge in [-0.2, -0.15) is 0 Å². The zero-order chi connectivity index (χ0) is 11.8. The molecule has 0 aliphatic rings. The SMILES string of the molecule is CCCCCC(C)NCc1ccc(OC)s1. The van der Waals surface area contributed by atoms with Gasteiger partial charge in [0.15, 0.2) is 5.06 Å². The summed E-state index contributed by atoms with van der Waals surface area (Å²) in [7, 11) is 1.72. The molecule has 1 aromatic heterocycles. The molecule has 1 atom stereocenters. The Kier molecular flexibility index (Phi) is 6.50. The van der Waals surface area contributed by atoms with E-state index in [0.717, 1.165) is 11.6 Å². The van der Waals surface area contributed by atoms with Crippen molar-refractivity contribution in [1.82, 2.24) is 5.32 Å². The third kappa shape index (κ3) is 4.99. The highest BCUT2D eigenvalue weighted by molar-refractivity contribution is 7.13. The lowest BCUT2D eigenvalue weighted by atomic mass is 10.1. The van der Waals surface area contributed by atoms with E-state index in [9.17, 15) is 0 Å². The molecule has 0 aromatic carbocycles. The molecule has 1 unspecified atom stereocenters. The maximum absolute atomic E-state index is 5.17. The molecule has 2 nitrogen and oxygen atoms in total. The molecule has 1 N–H and O–H groups in total. The Morgan fingerprint density at radius 2 is 2.19 bits per heavy atom. The zero-order valence-electron chi connectivity index (χ0n) is 10.6. The molecule has 0 bridgehead atoms. The van der Waals surface area contributed by atoms with E-state index >= 15 is 0 Å². The van der Waals surface area contributed by atoms with E-state index in [1.54, 1.807) is 18.4 Å². The van der Waals surface area contributed by atoms with Crippen LogP contribution in [0.3, 0.4) is 0 Å². The van der Waals surface area contributed by atoms with Crippen LogP contribution in [0.15, 0.2) is 12.1 Å². The summed E-state index contributed by atoms with van der Waals surface area (Å²) in [5.41, 5.74) is 0. The Balaban J connectivity index is 2.18. The zero-order valence-corrected chi connectivity index (χ0v) is 11.4. The van der Waals surface area contributed by atoms with E-state index in [4.69, 9.17) is 4.74 Å². The van der Waals surface area contributed by atoms with Crippen molar-refractivity contribution in [1.29, 1.82) is 0 Å². The lowest BCUT2D eigenvalue weighted by molar-refractivity contribution is 0.427. The van der Waals surface area contributed by atoms with Crippen molar-refractivity contribution >= 4 is 11.3 Å². The average molecular weight is 241 g/mol. The Labute approximate surface area is 103 Å². The van der Waals surface area contributed by atoms with E-state index < -0.39 is 0 Å². The summed E-state index contributed by atoms with van der Waals surface area (Å²) in [5.74, 6) is 0. The second kappa shape index (κ2) is 7.69. The summed E-state index contributed by atoms with van der Waals surface area (Å²) in [4.78, 5) is 1.35. The molecule has 0 amide bonds. The van der Waals surface area contributed by atoms with E-state index in [0.29, 0.717) is 6.04 Å². The monoisotopic (exact) mass is 241 g/mol. The van der Waals surface area contributed by atoms with Crippen molar-refractivity contribution in [3.05, 3.63) is 17.0 Å². The van der Waals surface area contributed by atoms with E-state index in [2.05, 4.69) is 25.2 Å². The molecule has 0 aliphatic heterocycles. The van der Waals surface area contributed by atoms with Crippen LogP contribution in [0.25, 0.3) is 0 Å². The van der Waals surface area contributed by atoms with Gasteiger partial charge in [-0.3, -0.25) is 0 Å². The van der Waals surface area contributed by atoms with Crippen LogP contribution in [-0.4, -0.2) is 13.2 Å². The predicted molar refractivity (Wildman–Crippen MR) is 71.3 cm³/mol. The van der Waals surface area contributed by atoms with Crippen LogP contribution >= 0.6 is 11.3 Å². The van der Waals surface area contributed by atoms with Gasteiger partial charge < -0.3 is 10.1 Å². The molecule has 0 spiro atoms. The summed E-state index contributed by atoms with van der Waals surface area (Å²) in [6.45, 7) is 5.47. The lowest BCUT2D eigenvalue weighted by Crippen LogP contribution is -2.24. The summed E-state index contributed by atoms with van der Waals surface area (Å²) < 4.78 is 5.17. The Hall–Kier alpha value is -0.540. The molecule has 16 heavy (non-hydrogen) atoms. The quantitative estimate of drug-likeness (QED) is 0.699. The predicted octanol–water partition coefficient (Wildman–Crippen LogP) is 3.82. The van der Waals surface area contributed by atoms with Crippen LogP contribution in [0.4, 0.5) is 0 Å². The third-order valence-electron chi connectivity index (χ3n) is 2.70. The minimum absolute atomic E-state index is 0.611. The average Bonchev–Trinajstić information content (AvgIpc) is 2.74. The van der Waals surface area contributed by atoms with E-state index in [1.165, 1.54) is 30.6 Å². The van der Waals surface area contributed by atoms with Gasteiger partial charge in [-0.05, 0) is 25.5 Å². The second-order valence-electron chi connectivity index (χ2n) is 4.20. The van der Waals surface area contributed by atoms with Gasteiger partial charge in [-0.25, -0.2) is 0 Å². The Morgan fingerprint density at radius 1 is 1.38 bits per heavy atom. The topological polar surface area (TPSA) is 21.3 Å². The van der Waals surface area contributed by atoms with Crippen LogP contribution < -0.4 is 10.1 Å². The van der Waals surface area contributed by atoms with Crippen molar-refractivity contribution in [2.24, 2.45) is 0 Å². The first-order chi connectivity index (χ1) is 7.76. The number of ether oxygens (including phenoxy) is 1.